The second-order valence-electron chi connectivity index (χ2n) is 4.94. The number of halogens is 2. The van der Waals surface area contributed by atoms with E-state index < -0.39 is 12.3 Å². The highest BCUT2D eigenvalue weighted by molar-refractivity contribution is 5.80. The maximum Gasteiger partial charge on any atom is 0.317 e. The third-order valence-corrected chi connectivity index (χ3v) is 3.27. The van der Waals surface area contributed by atoms with E-state index in [2.05, 4.69) is 5.43 Å². The molecule has 22 heavy (non-hydrogen) atoms. The van der Waals surface area contributed by atoms with E-state index in [1.165, 1.54) is 5.56 Å². The fraction of sp³-hybridized carbons (Fsp3) is 0.250. The summed E-state index contributed by atoms with van der Waals surface area (Å²) in [6.45, 7) is 0. The standard InChI is InChI=1S/C16H17F2N3O/c1-21-10-8-12(9-11-21)6-7-13-4-2-3-5-14(13)19-20-16(22)15(17)18/h2-5,8-11,15,19H,6-7H2,1H3/p+1. The normalized spacial score (nSPS) is 10.5. The van der Waals surface area contributed by atoms with Crippen LogP contribution in [0.15, 0.2) is 48.8 Å². The van der Waals surface area contributed by atoms with Crippen molar-refractivity contribution in [1.82, 2.24) is 5.43 Å². The number of rotatable bonds is 6. The number of benzene rings is 1. The molecule has 0 saturated carbocycles. The summed E-state index contributed by atoms with van der Waals surface area (Å²) in [5.41, 5.74) is 7.32. The number of alkyl halides is 2. The first kappa shape index (κ1) is 15.9. The predicted molar refractivity (Wildman–Crippen MR) is 79.2 cm³/mol. The number of anilines is 1. The van der Waals surface area contributed by atoms with Crippen LogP contribution < -0.4 is 15.4 Å². The van der Waals surface area contributed by atoms with E-state index in [-0.39, 0.29) is 0 Å². The Balaban J connectivity index is 1.98. The maximum absolute atomic E-state index is 12.2. The van der Waals surface area contributed by atoms with Crippen LogP contribution in [0.5, 0.6) is 0 Å². The van der Waals surface area contributed by atoms with Crippen molar-refractivity contribution in [3.63, 3.8) is 0 Å². The van der Waals surface area contributed by atoms with Gasteiger partial charge in [-0.1, -0.05) is 18.2 Å². The first-order chi connectivity index (χ1) is 10.6. The second-order valence-corrected chi connectivity index (χ2v) is 4.94. The van der Waals surface area contributed by atoms with E-state index in [9.17, 15) is 13.6 Å². The van der Waals surface area contributed by atoms with Crippen molar-refractivity contribution in [3.05, 3.63) is 59.9 Å². The van der Waals surface area contributed by atoms with Crippen LogP contribution in [0.1, 0.15) is 11.1 Å². The fourth-order valence-corrected chi connectivity index (χ4v) is 2.02. The maximum atomic E-state index is 12.2. The Bertz CT molecular complexity index is 630. The molecular formula is C16H18F2N3O+. The molecule has 0 fully saturated rings. The second kappa shape index (κ2) is 7.49. The lowest BCUT2D eigenvalue weighted by atomic mass is 10.0. The number of aryl methyl sites for hydroxylation is 3. The minimum atomic E-state index is -3.04. The summed E-state index contributed by atoms with van der Waals surface area (Å²) < 4.78 is 26.3. The Hall–Kier alpha value is -2.50. The van der Waals surface area contributed by atoms with Gasteiger partial charge in [-0.05, 0) is 30.0 Å². The van der Waals surface area contributed by atoms with Crippen LogP contribution in [0.25, 0.3) is 0 Å². The average Bonchev–Trinajstić information content (AvgIpc) is 2.52. The summed E-state index contributed by atoms with van der Waals surface area (Å²) in [7, 11) is 1.95. The van der Waals surface area contributed by atoms with Crippen LogP contribution in [0.4, 0.5) is 14.5 Å². The molecule has 116 valence electrons. The molecule has 0 spiro atoms. The van der Waals surface area contributed by atoms with Gasteiger partial charge in [-0.15, -0.1) is 0 Å². The van der Waals surface area contributed by atoms with Crippen molar-refractivity contribution in [2.75, 3.05) is 5.43 Å². The highest BCUT2D eigenvalue weighted by Crippen LogP contribution is 2.16. The minimum Gasteiger partial charge on any atom is -0.298 e. The summed E-state index contributed by atoms with van der Waals surface area (Å²) in [4.78, 5) is 10.9. The van der Waals surface area contributed by atoms with E-state index in [1.807, 2.05) is 53.7 Å². The summed E-state index contributed by atoms with van der Waals surface area (Å²) in [6, 6.07) is 11.4. The monoisotopic (exact) mass is 306 g/mol. The van der Waals surface area contributed by atoms with Gasteiger partial charge < -0.3 is 0 Å². The van der Waals surface area contributed by atoms with Crippen LogP contribution in [-0.2, 0) is 24.7 Å². The van der Waals surface area contributed by atoms with Crippen molar-refractivity contribution in [1.29, 1.82) is 0 Å². The summed E-state index contributed by atoms with van der Waals surface area (Å²) in [5, 5.41) is 0. The molecule has 2 N–H and O–H groups in total. The molecule has 0 aliphatic carbocycles. The zero-order chi connectivity index (χ0) is 15.9. The molecule has 1 heterocycles. The van der Waals surface area contributed by atoms with Crippen molar-refractivity contribution < 1.29 is 18.1 Å². The van der Waals surface area contributed by atoms with E-state index >= 15 is 0 Å². The summed E-state index contributed by atoms with van der Waals surface area (Å²) in [5.74, 6) is -1.34. The molecule has 0 bridgehead atoms. The molecule has 1 aromatic carbocycles. The number of pyridine rings is 1. The van der Waals surface area contributed by atoms with Crippen molar-refractivity contribution in [3.8, 4) is 0 Å². The SMILES string of the molecule is C[n+]1ccc(CCc2ccccc2NNC(=O)C(F)F)cc1. The van der Waals surface area contributed by atoms with Gasteiger partial charge in [0, 0.05) is 12.1 Å². The van der Waals surface area contributed by atoms with Crippen LogP contribution in [0, 0.1) is 0 Å². The van der Waals surface area contributed by atoms with Crippen LogP contribution in [0.2, 0.25) is 0 Å². The molecule has 2 rings (SSSR count). The quantitative estimate of drug-likeness (QED) is 0.633. The first-order valence-corrected chi connectivity index (χ1v) is 6.92. The predicted octanol–water partition coefficient (Wildman–Crippen LogP) is 2.00. The molecule has 4 nitrogen and oxygen atoms in total. The summed E-state index contributed by atoms with van der Waals surface area (Å²) >= 11 is 0. The highest BCUT2D eigenvalue weighted by atomic mass is 19.3. The molecule has 0 unspecified atom stereocenters. The molecule has 0 atom stereocenters. The molecular weight excluding hydrogens is 288 g/mol. The van der Waals surface area contributed by atoms with Gasteiger partial charge in [0.15, 0.2) is 12.4 Å². The average molecular weight is 306 g/mol. The third kappa shape index (κ3) is 4.51. The third-order valence-electron chi connectivity index (χ3n) is 3.27. The molecule has 1 aromatic heterocycles. The first-order valence-electron chi connectivity index (χ1n) is 6.92. The zero-order valence-corrected chi connectivity index (χ0v) is 12.2. The number of hydrazine groups is 1. The number of nitrogens with zero attached hydrogens (tertiary/aromatic N) is 1. The number of nitrogens with one attached hydrogen (secondary N) is 2. The molecule has 6 heteroatoms. The topological polar surface area (TPSA) is 45.0 Å². The largest absolute Gasteiger partial charge is 0.317 e. The molecule has 0 radical (unpaired) electrons. The van der Waals surface area contributed by atoms with E-state index in [4.69, 9.17) is 0 Å². The number of carbonyl (C=O) groups excluding carboxylic acids is 1. The van der Waals surface area contributed by atoms with Crippen LogP contribution >= 0.6 is 0 Å². The number of aromatic nitrogens is 1. The Kier molecular flexibility index (Phi) is 5.41. The molecule has 0 aliphatic heterocycles. The molecule has 1 amide bonds. The van der Waals surface area contributed by atoms with Gasteiger partial charge in [-0.25, -0.2) is 4.57 Å². The van der Waals surface area contributed by atoms with Gasteiger partial charge in [0.05, 0.1) is 5.69 Å². The fourth-order valence-electron chi connectivity index (χ4n) is 2.02. The number of carbonyl (C=O) groups is 1. The van der Waals surface area contributed by atoms with Crippen LogP contribution in [-0.4, -0.2) is 12.3 Å². The Morgan fingerprint density at radius 3 is 2.50 bits per heavy atom. The van der Waals surface area contributed by atoms with Gasteiger partial charge >= 0.3 is 12.3 Å². The zero-order valence-electron chi connectivity index (χ0n) is 12.2. The van der Waals surface area contributed by atoms with Gasteiger partial charge in [0.1, 0.15) is 7.05 Å². The van der Waals surface area contributed by atoms with Crippen molar-refractivity contribution in [2.24, 2.45) is 7.05 Å². The lowest BCUT2D eigenvalue weighted by molar-refractivity contribution is -0.671. The Labute approximate surface area is 127 Å². The smallest absolute Gasteiger partial charge is 0.298 e. The van der Waals surface area contributed by atoms with Gasteiger partial charge in [0.2, 0.25) is 0 Å². The van der Waals surface area contributed by atoms with Gasteiger partial charge in [-0.3, -0.25) is 15.6 Å². The Morgan fingerprint density at radius 2 is 1.82 bits per heavy atom. The van der Waals surface area contributed by atoms with Crippen molar-refractivity contribution >= 4 is 11.6 Å². The molecule has 0 saturated heterocycles. The number of hydrogen-bond acceptors (Lipinski definition) is 2. The number of amides is 1. The molecule has 0 aliphatic rings. The van der Waals surface area contributed by atoms with Crippen LogP contribution in [0.3, 0.4) is 0 Å². The van der Waals surface area contributed by atoms with E-state index in [1.54, 1.807) is 12.1 Å². The summed E-state index contributed by atoms with van der Waals surface area (Å²) in [6.07, 6.45) is 2.47. The number of para-hydroxylation sites is 1. The minimum absolute atomic E-state index is 0.623. The van der Waals surface area contributed by atoms with E-state index in [0.29, 0.717) is 5.69 Å². The Morgan fingerprint density at radius 1 is 1.14 bits per heavy atom. The van der Waals surface area contributed by atoms with Gasteiger partial charge in [0.25, 0.3) is 0 Å². The number of hydrogen-bond donors (Lipinski definition) is 2. The highest BCUT2D eigenvalue weighted by Gasteiger charge is 2.14. The van der Waals surface area contributed by atoms with Crippen molar-refractivity contribution in [2.45, 2.75) is 19.3 Å². The molecule has 2 aromatic rings. The van der Waals surface area contributed by atoms with Gasteiger partial charge in [-0.2, -0.15) is 8.78 Å². The van der Waals surface area contributed by atoms with E-state index in [0.717, 1.165) is 18.4 Å². The lowest BCUT2D eigenvalue weighted by Crippen LogP contribution is -2.34. The lowest BCUT2D eigenvalue weighted by Gasteiger charge is -2.12.